The Morgan fingerprint density at radius 2 is 1.79 bits per heavy atom. The Morgan fingerprint density at radius 1 is 1.07 bits per heavy atom. The highest BCUT2D eigenvalue weighted by molar-refractivity contribution is 7.99. The van der Waals surface area contributed by atoms with Crippen LogP contribution in [-0.4, -0.2) is 22.4 Å². The number of thioether (sulfide) groups is 1. The van der Waals surface area contributed by atoms with Gasteiger partial charge in [0.1, 0.15) is 5.82 Å². The van der Waals surface area contributed by atoms with Gasteiger partial charge in [-0.2, -0.15) is 11.8 Å². The smallest absolute Gasteiger partial charge is 0.251 e. The molecule has 3 N–H and O–H groups in total. The van der Waals surface area contributed by atoms with Crippen LogP contribution >= 0.6 is 11.8 Å². The quantitative estimate of drug-likeness (QED) is 0.638. The van der Waals surface area contributed by atoms with Crippen molar-refractivity contribution in [3.05, 3.63) is 83.6 Å². The van der Waals surface area contributed by atoms with Crippen molar-refractivity contribution in [2.24, 2.45) is 0 Å². The summed E-state index contributed by atoms with van der Waals surface area (Å²) in [5.74, 6) is 3.42. The first-order valence-corrected chi connectivity index (χ1v) is 11.1. The van der Waals surface area contributed by atoms with Gasteiger partial charge in [0.15, 0.2) is 0 Å². The van der Waals surface area contributed by atoms with Crippen molar-refractivity contribution in [2.75, 3.05) is 17.2 Å². The van der Waals surface area contributed by atoms with Gasteiger partial charge in [0, 0.05) is 23.9 Å². The molecule has 4 rings (SSSR count). The average molecular weight is 404 g/mol. The third kappa shape index (κ3) is 4.80. The second kappa shape index (κ2) is 9.14. The van der Waals surface area contributed by atoms with E-state index in [0.29, 0.717) is 23.8 Å². The van der Waals surface area contributed by atoms with Gasteiger partial charge in [-0.3, -0.25) is 4.79 Å². The second-order valence-corrected chi connectivity index (χ2v) is 8.56. The third-order valence-electron chi connectivity index (χ3n) is 5.39. The number of carbonyl (C=O) groups is 1. The second-order valence-electron chi connectivity index (χ2n) is 7.33. The van der Waals surface area contributed by atoms with Crippen LogP contribution in [0.4, 0.5) is 5.82 Å². The number of carbonyl (C=O) groups excluding carboxylic acids is 1. The molecule has 0 radical (unpaired) electrons. The van der Waals surface area contributed by atoms with E-state index in [1.807, 2.05) is 72.6 Å². The molecule has 1 saturated heterocycles. The lowest BCUT2D eigenvalue weighted by Gasteiger charge is -2.22. The number of amides is 1. The first-order chi connectivity index (χ1) is 14.2. The highest BCUT2D eigenvalue weighted by atomic mass is 32.2. The fraction of sp³-hybridized carbons (Fsp3) is 0.250. The Kier molecular flexibility index (Phi) is 6.15. The fourth-order valence-corrected chi connectivity index (χ4v) is 4.76. The van der Waals surface area contributed by atoms with Gasteiger partial charge in [-0.05, 0) is 65.2 Å². The first kappa shape index (κ1) is 19.5. The molecule has 4 nitrogen and oxygen atoms in total. The normalized spacial score (nSPS) is 14.5. The molecule has 2 heterocycles. The zero-order valence-electron chi connectivity index (χ0n) is 16.3. The number of rotatable bonds is 5. The number of pyridine rings is 1. The molecule has 1 aliphatic heterocycles. The number of nitrogens with zero attached hydrogens (tertiary/aromatic N) is 1. The minimum Gasteiger partial charge on any atom is -0.383 e. The lowest BCUT2D eigenvalue weighted by Crippen LogP contribution is -2.22. The van der Waals surface area contributed by atoms with Gasteiger partial charge in [-0.15, -0.1) is 0 Å². The van der Waals surface area contributed by atoms with E-state index < -0.39 is 0 Å². The molecule has 1 fully saturated rings. The zero-order chi connectivity index (χ0) is 20.1. The molecule has 29 heavy (non-hydrogen) atoms. The van der Waals surface area contributed by atoms with Crippen LogP contribution in [0.5, 0.6) is 0 Å². The summed E-state index contributed by atoms with van der Waals surface area (Å²) in [7, 11) is 0. The van der Waals surface area contributed by atoms with E-state index in [0.717, 1.165) is 16.7 Å². The summed E-state index contributed by atoms with van der Waals surface area (Å²) in [5.41, 5.74) is 11.1. The Labute approximate surface area is 175 Å². The maximum absolute atomic E-state index is 12.4. The molecule has 0 unspecified atom stereocenters. The van der Waals surface area contributed by atoms with E-state index in [2.05, 4.69) is 16.4 Å². The van der Waals surface area contributed by atoms with E-state index in [4.69, 9.17) is 5.73 Å². The highest BCUT2D eigenvalue weighted by Crippen LogP contribution is 2.34. The molecule has 1 aromatic heterocycles. The van der Waals surface area contributed by atoms with Gasteiger partial charge >= 0.3 is 0 Å². The largest absolute Gasteiger partial charge is 0.383 e. The number of aromatic nitrogens is 1. The number of nitrogens with one attached hydrogen (secondary N) is 1. The molecule has 1 aliphatic rings. The molecule has 5 heteroatoms. The maximum atomic E-state index is 12.4. The molecule has 0 atom stereocenters. The molecule has 0 saturated carbocycles. The summed E-state index contributed by atoms with van der Waals surface area (Å²) in [5, 5.41) is 2.96. The zero-order valence-corrected chi connectivity index (χ0v) is 17.1. The SMILES string of the molecule is Nc1ncc(C2CCSCC2)cc1-c1ccc(C(=O)NCc2ccccc2)cc1. The number of hydrogen-bond acceptors (Lipinski definition) is 4. The van der Waals surface area contributed by atoms with Crippen LogP contribution in [0.15, 0.2) is 66.9 Å². The molecule has 0 bridgehead atoms. The Morgan fingerprint density at radius 3 is 2.52 bits per heavy atom. The maximum Gasteiger partial charge on any atom is 0.251 e. The predicted octanol–water partition coefficient (Wildman–Crippen LogP) is 4.87. The summed E-state index contributed by atoms with van der Waals surface area (Å²) >= 11 is 2.02. The Balaban J connectivity index is 1.48. The third-order valence-corrected chi connectivity index (χ3v) is 6.44. The minimum absolute atomic E-state index is 0.0834. The van der Waals surface area contributed by atoms with Gasteiger partial charge in [0.25, 0.3) is 5.91 Å². The predicted molar refractivity (Wildman–Crippen MR) is 121 cm³/mol. The van der Waals surface area contributed by atoms with Gasteiger partial charge < -0.3 is 11.1 Å². The van der Waals surface area contributed by atoms with Crippen molar-refractivity contribution in [3.8, 4) is 11.1 Å². The fourth-order valence-electron chi connectivity index (χ4n) is 3.66. The molecule has 2 aromatic carbocycles. The molecular formula is C24H25N3OS. The van der Waals surface area contributed by atoms with Gasteiger partial charge in [0.2, 0.25) is 0 Å². The van der Waals surface area contributed by atoms with Crippen molar-refractivity contribution in [1.29, 1.82) is 0 Å². The monoisotopic (exact) mass is 403 g/mol. The van der Waals surface area contributed by atoms with Crippen LogP contribution < -0.4 is 11.1 Å². The summed E-state index contributed by atoms with van der Waals surface area (Å²) in [6.45, 7) is 0.514. The topological polar surface area (TPSA) is 68.0 Å². The standard InChI is InChI=1S/C24H25N3OS/c25-23-22(14-21(16-26-23)18-10-12-29-13-11-18)19-6-8-20(9-7-19)24(28)27-15-17-4-2-1-3-5-17/h1-9,14,16,18H,10-13,15H2,(H2,25,26)(H,27,28). The van der Waals surface area contributed by atoms with Crippen LogP contribution in [0.2, 0.25) is 0 Å². The van der Waals surface area contributed by atoms with Gasteiger partial charge in [0.05, 0.1) is 0 Å². The number of nitrogen functional groups attached to an aromatic ring is 1. The van der Waals surface area contributed by atoms with Crippen LogP contribution in [-0.2, 0) is 6.54 Å². The van der Waals surface area contributed by atoms with Crippen molar-refractivity contribution in [3.63, 3.8) is 0 Å². The summed E-state index contributed by atoms with van der Waals surface area (Å²) in [4.78, 5) is 16.9. The van der Waals surface area contributed by atoms with Crippen LogP contribution in [0, 0.1) is 0 Å². The summed E-state index contributed by atoms with van der Waals surface area (Å²) < 4.78 is 0. The van der Waals surface area contributed by atoms with E-state index in [-0.39, 0.29) is 5.91 Å². The Hall–Kier alpha value is -2.79. The highest BCUT2D eigenvalue weighted by Gasteiger charge is 2.18. The summed E-state index contributed by atoms with van der Waals surface area (Å²) in [6.07, 6.45) is 4.30. The van der Waals surface area contributed by atoms with Crippen molar-refractivity contribution >= 4 is 23.5 Å². The van der Waals surface area contributed by atoms with Crippen LogP contribution in [0.3, 0.4) is 0 Å². The van der Waals surface area contributed by atoms with Crippen molar-refractivity contribution < 1.29 is 4.79 Å². The molecular weight excluding hydrogens is 378 g/mol. The minimum atomic E-state index is -0.0834. The lowest BCUT2D eigenvalue weighted by atomic mass is 9.92. The molecule has 1 amide bonds. The summed E-state index contributed by atoms with van der Waals surface area (Å²) in [6, 6.07) is 19.7. The Bertz CT molecular complexity index is 967. The molecule has 0 aliphatic carbocycles. The first-order valence-electron chi connectivity index (χ1n) is 9.96. The van der Waals surface area contributed by atoms with Crippen LogP contribution in [0.25, 0.3) is 11.1 Å². The van der Waals surface area contributed by atoms with E-state index >= 15 is 0 Å². The lowest BCUT2D eigenvalue weighted by molar-refractivity contribution is 0.0951. The average Bonchev–Trinajstić information content (AvgIpc) is 2.79. The van der Waals surface area contributed by atoms with Gasteiger partial charge in [-0.1, -0.05) is 42.5 Å². The number of hydrogen-bond donors (Lipinski definition) is 2. The van der Waals surface area contributed by atoms with Crippen LogP contribution in [0.1, 0.15) is 40.2 Å². The molecule has 148 valence electrons. The molecule has 0 spiro atoms. The number of nitrogens with two attached hydrogens (primary N) is 1. The van der Waals surface area contributed by atoms with Gasteiger partial charge in [-0.25, -0.2) is 4.98 Å². The number of anilines is 1. The van der Waals surface area contributed by atoms with E-state index in [1.165, 1.54) is 29.9 Å². The van der Waals surface area contributed by atoms with Crippen molar-refractivity contribution in [2.45, 2.75) is 25.3 Å². The molecule has 3 aromatic rings. The number of benzene rings is 2. The van der Waals surface area contributed by atoms with E-state index in [9.17, 15) is 4.79 Å². The van der Waals surface area contributed by atoms with E-state index in [1.54, 1.807) is 0 Å². The van der Waals surface area contributed by atoms with Crippen molar-refractivity contribution in [1.82, 2.24) is 10.3 Å².